The number of rotatable bonds is 3. The van der Waals surface area contributed by atoms with Gasteiger partial charge in [0.25, 0.3) is 5.91 Å². The van der Waals surface area contributed by atoms with Gasteiger partial charge in [-0.2, -0.15) is 4.98 Å². The summed E-state index contributed by atoms with van der Waals surface area (Å²) >= 11 is 5.97. The zero-order valence-electron chi connectivity index (χ0n) is 13.0. The van der Waals surface area contributed by atoms with Gasteiger partial charge in [0, 0.05) is 36.0 Å². The van der Waals surface area contributed by atoms with E-state index < -0.39 is 5.92 Å². The van der Waals surface area contributed by atoms with Crippen molar-refractivity contribution in [2.45, 2.75) is 5.92 Å². The topological polar surface area (TPSA) is 88.7 Å². The minimum atomic E-state index is -0.483. The summed E-state index contributed by atoms with van der Waals surface area (Å²) in [5.41, 5.74) is 0.781. The van der Waals surface area contributed by atoms with Crippen LogP contribution in [0.4, 0.5) is 0 Å². The van der Waals surface area contributed by atoms with Crippen LogP contribution in [0.3, 0.4) is 0 Å². The molecule has 0 spiro atoms. The average molecular weight is 357 g/mol. The molecular formula is C17H13ClN4O3. The van der Waals surface area contributed by atoms with E-state index in [0.29, 0.717) is 29.8 Å². The molecule has 0 aliphatic carbocycles. The van der Waals surface area contributed by atoms with Crippen LogP contribution in [0.25, 0.3) is 11.4 Å². The van der Waals surface area contributed by atoms with E-state index in [1.807, 2.05) is 12.1 Å². The molecule has 25 heavy (non-hydrogen) atoms. The molecule has 1 unspecified atom stereocenters. The number of carbonyl (C=O) groups excluding carboxylic acids is 2. The van der Waals surface area contributed by atoms with Gasteiger partial charge in [0.15, 0.2) is 0 Å². The van der Waals surface area contributed by atoms with Crippen LogP contribution in [0.2, 0.25) is 5.02 Å². The molecule has 7 nitrogen and oxygen atoms in total. The van der Waals surface area contributed by atoms with Crippen molar-refractivity contribution in [3.8, 4) is 11.4 Å². The van der Waals surface area contributed by atoms with E-state index >= 15 is 0 Å². The fraction of sp³-hybridized carbons (Fsp3) is 0.235. The fourth-order valence-corrected chi connectivity index (χ4v) is 2.94. The van der Waals surface area contributed by atoms with E-state index in [4.69, 9.17) is 16.1 Å². The molecule has 2 aliphatic heterocycles. The second-order valence-corrected chi connectivity index (χ2v) is 6.34. The highest BCUT2D eigenvalue weighted by Crippen LogP contribution is 2.29. The first-order valence-corrected chi connectivity index (χ1v) is 8.12. The van der Waals surface area contributed by atoms with Crippen LogP contribution in [0.15, 0.2) is 45.9 Å². The zero-order chi connectivity index (χ0) is 17.4. The van der Waals surface area contributed by atoms with Gasteiger partial charge >= 0.3 is 0 Å². The van der Waals surface area contributed by atoms with Gasteiger partial charge in [-0.15, -0.1) is 0 Å². The quantitative estimate of drug-likeness (QED) is 0.840. The Balaban J connectivity index is 1.40. The number of dihydropyridines is 1. The van der Waals surface area contributed by atoms with E-state index in [0.717, 1.165) is 5.56 Å². The number of nitrogens with zero attached hydrogens (tertiary/aromatic N) is 4. The first-order chi connectivity index (χ1) is 12.1. The molecule has 0 bridgehead atoms. The summed E-state index contributed by atoms with van der Waals surface area (Å²) in [5, 5.41) is 4.58. The summed E-state index contributed by atoms with van der Waals surface area (Å²) in [6.07, 6.45) is 4.26. The highest BCUT2D eigenvalue weighted by Gasteiger charge is 2.37. The average Bonchev–Trinajstić information content (AvgIpc) is 3.03. The molecule has 0 radical (unpaired) electrons. The number of amides is 2. The number of aliphatic imine (C=N–C) groups is 1. The van der Waals surface area contributed by atoms with Gasteiger partial charge in [0.1, 0.15) is 0 Å². The highest BCUT2D eigenvalue weighted by atomic mass is 35.5. The van der Waals surface area contributed by atoms with Crippen molar-refractivity contribution in [2.24, 2.45) is 10.9 Å². The molecule has 2 aromatic rings. The van der Waals surface area contributed by atoms with Crippen LogP contribution in [-0.2, 0) is 9.59 Å². The van der Waals surface area contributed by atoms with E-state index in [9.17, 15) is 9.59 Å². The summed E-state index contributed by atoms with van der Waals surface area (Å²) in [6, 6.07) is 7.22. The molecule has 1 aromatic heterocycles. The van der Waals surface area contributed by atoms with Gasteiger partial charge in [-0.25, -0.2) is 4.99 Å². The number of hydrogen-bond acceptors (Lipinski definition) is 5. The molecule has 126 valence electrons. The molecule has 0 N–H and O–H groups in total. The second kappa shape index (κ2) is 6.25. The third-order valence-electron chi connectivity index (χ3n) is 4.16. The molecule has 1 aromatic carbocycles. The molecule has 3 heterocycles. The van der Waals surface area contributed by atoms with Crippen molar-refractivity contribution in [1.29, 1.82) is 0 Å². The molecule has 2 amide bonds. The fourth-order valence-electron chi connectivity index (χ4n) is 2.75. The number of aromatic nitrogens is 2. The van der Waals surface area contributed by atoms with Crippen LogP contribution >= 0.6 is 11.6 Å². The molecule has 8 heteroatoms. The van der Waals surface area contributed by atoms with Crippen LogP contribution in [0, 0.1) is 5.92 Å². The number of benzene rings is 1. The van der Waals surface area contributed by atoms with E-state index in [1.165, 1.54) is 12.3 Å². The lowest BCUT2D eigenvalue weighted by Crippen LogP contribution is -2.51. The Morgan fingerprint density at radius 2 is 2.16 bits per heavy atom. The van der Waals surface area contributed by atoms with Crippen LogP contribution in [0.5, 0.6) is 0 Å². The Morgan fingerprint density at radius 3 is 2.88 bits per heavy atom. The van der Waals surface area contributed by atoms with E-state index in [1.54, 1.807) is 23.1 Å². The first kappa shape index (κ1) is 15.7. The van der Waals surface area contributed by atoms with Crippen molar-refractivity contribution >= 4 is 29.6 Å². The summed E-state index contributed by atoms with van der Waals surface area (Å²) in [7, 11) is 0. The van der Waals surface area contributed by atoms with Gasteiger partial charge < -0.3 is 9.42 Å². The maximum absolute atomic E-state index is 12.3. The summed E-state index contributed by atoms with van der Waals surface area (Å²) in [6.45, 7) is 1.00. The molecule has 2 aliphatic rings. The predicted octanol–water partition coefficient (Wildman–Crippen LogP) is 2.10. The predicted molar refractivity (Wildman–Crippen MR) is 90.2 cm³/mol. The number of carbonyl (C=O) groups is 2. The lowest BCUT2D eigenvalue weighted by atomic mass is 9.96. The van der Waals surface area contributed by atoms with Crippen molar-refractivity contribution < 1.29 is 14.1 Å². The maximum atomic E-state index is 12.3. The lowest BCUT2D eigenvalue weighted by molar-refractivity contribution is -0.136. The SMILES string of the molecule is O=C1C=CC(C(=O)N2CC(c3nc(-c4cccc(Cl)c4)no3)C2)C=N1. The monoisotopic (exact) mass is 356 g/mol. The van der Waals surface area contributed by atoms with E-state index in [-0.39, 0.29) is 17.7 Å². The minimum Gasteiger partial charge on any atom is -0.340 e. The Kier molecular flexibility index (Phi) is 3.93. The number of halogens is 1. The first-order valence-electron chi connectivity index (χ1n) is 7.75. The van der Waals surface area contributed by atoms with Crippen molar-refractivity contribution in [3.05, 3.63) is 47.3 Å². The molecule has 1 fully saturated rings. The van der Waals surface area contributed by atoms with Crippen LogP contribution < -0.4 is 0 Å². The smallest absolute Gasteiger partial charge is 0.269 e. The Labute approximate surface area is 148 Å². The van der Waals surface area contributed by atoms with Gasteiger partial charge in [-0.05, 0) is 12.1 Å². The molecule has 1 saturated heterocycles. The summed E-state index contributed by atoms with van der Waals surface area (Å²) < 4.78 is 5.32. The third kappa shape index (κ3) is 3.10. The molecule has 1 atom stereocenters. The largest absolute Gasteiger partial charge is 0.340 e. The highest BCUT2D eigenvalue weighted by molar-refractivity contribution is 6.30. The Morgan fingerprint density at radius 1 is 1.32 bits per heavy atom. The second-order valence-electron chi connectivity index (χ2n) is 5.91. The molecule has 4 rings (SSSR count). The maximum Gasteiger partial charge on any atom is 0.269 e. The van der Waals surface area contributed by atoms with Gasteiger partial charge in [-0.1, -0.05) is 35.0 Å². The minimum absolute atomic E-state index is 0.00975. The van der Waals surface area contributed by atoms with Crippen molar-refractivity contribution in [2.75, 3.05) is 13.1 Å². The van der Waals surface area contributed by atoms with Crippen LogP contribution in [0.1, 0.15) is 11.8 Å². The number of likely N-dealkylation sites (tertiary alicyclic amines) is 1. The zero-order valence-corrected chi connectivity index (χ0v) is 13.8. The van der Waals surface area contributed by atoms with Crippen LogP contribution in [-0.4, -0.2) is 46.2 Å². The molecule has 0 saturated carbocycles. The van der Waals surface area contributed by atoms with Gasteiger partial charge in [0.2, 0.25) is 17.6 Å². The summed E-state index contributed by atoms with van der Waals surface area (Å²) in [4.78, 5) is 33.1. The summed E-state index contributed by atoms with van der Waals surface area (Å²) in [5.74, 6) is 0.0762. The van der Waals surface area contributed by atoms with Crippen molar-refractivity contribution in [3.63, 3.8) is 0 Å². The normalized spacial score (nSPS) is 20.0. The lowest BCUT2D eigenvalue weighted by Gasteiger charge is -2.38. The standard InChI is InChI=1S/C17H13ClN4O3/c18-13-3-1-2-10(6-13)15-20-16(25-21-15)12-8-22(9-12)17(24)11-4-5-14(23)19-7-11/h1-7,11-12H,8-9H2. The van der Waals surface area contributed by atoms with Gasteiger partial charge in [-0.3, -0.25) is 9.59 Å². The molecular weight excluding hydrogens is 344 g/mol. The van der Waals surface area contributed by atoms with Crippen molar-refractivity contribution in [1.82, 2.24) is 15.0 Å². The number of hydrogen-bond donors (Lipinski definition) is 0. The van der Waals surface area contributed by atoms with E-state index in [2.05, 4.69) is 15.1 Å². The third-order valence-corrected chi connectivity index (χ3v) is 4.40. The Hall–Kier alpha value is -2.80. The van der Waals surface area contributed by atoms with Gasteiger partial charge in [0.05, 0.1) is 11.8 Å². The Bertz CT molecular complexity index is 883.